The minimum atomic E-state index is -1.05. The van der Waals surface area contributed by atoms with E-state index in [0.717, 1.165) is 16.8 Å². The summed E-state index contributed by atoms with van der Waals surface area (Å²) < 4.78 is 10.4. The van der Waals surface area contributed by atoms with Crippen molar-refractivity contribution in [2.75, 3.05) is 26.1 Å². The second-order valence-corrected chi connectivity index (χ2v) is 5.21. The molecule has 0 spiro atoms. The highest BCUT2D eigenvalue weighted by atomic mass is 16.5. The van der Waals surface area contributed by atoms with Gasteiger partial charge in [-0.2, -0.15) is 0 Å². The maximum absolute atomic E-state index is 10.5. The summed E-state index contributed by atoms with van der Waals surface area (Å²) in [4.78, 5) is 8.54. The van der Waals surface area contributed by atoms with Crippen LogP contribution in [-0.4, -0.2) is 35.4 Å². The topological polar surface area (TPSA) is 90.5 Å². The lowest BCUT2D eigenvalue weighted by Crippen LogP contribution is -2.46. The largest absolute Gasteiger partial charge is 0.481 e. The fraction of sp³-hybridized carbons (Fsp3) is 0.333. The predicted octanol–water partition coefficient (Wildman–Crippen LogP) is 1.26. The number of pyridine rings is 2. The van der Waals surface area contributed by atoms with Gasteiger partial charge in [0.1, 0.15) is 5.60 Å². The number of nitrogen functional groups attached to an aromatic ring is 1. The molecule has 3 heterocycles. The Hall–Kier alpha value is -2.18. The monoisotopic (exact) mass is 287 g/mol. The van der Waals surface area contributed by atoms with Crippen molar-refractivity contribution in [2.24, 2.45) is 0 Å². The Morgan fingerprint density at radius 2 is 2.05 bits per heavy atom. The van der Waals surface area contributed by atoms with Gasteiger partial charge < -0.3 is 20.3 Å². The van der Waals surface area contributed by atoms with Gasteiger partial charge in [-0.25, -0.2) is 4.98 Å². The normalized spacial score (nSPS) is 16.3. The molecule has 0 aromatic carbocycles. The molecule has 3 N–H and O–H groups in total. The lowest BCUT2D eigenvalue weighted by molar-refractivity contribution is -0.185. The Kier molecular flexibility index (Phi) is 3.27. The average molecular weight is 287 g/mol. The van der Waals surface area contributed by atoms with Crippen molar-refractivity contribution in [3.8, 4) is 17.0 Å². The summed E-state index contributed by atoms with van der Waals surface area (Å²) in [6.45, 7) is 2.38. The lowest BCUT2D eigenvalue weighted by atomic mass is 9.90. The molecule has 0 atom stereocenters. The Labute approximate surface area is 122 Å². The van der Waals surface area contributed by atoms with Gasteiger partial charge in [-0.3, -0.25) is 4.98 Å². The first kappa shape index (κ1) is 13.8. The molecule has 1 aliphatic heterocycles. The first-order valence-electron chi connectivity index (χ1n) is 6.60. The zero-order chi connectivity index (χ0) is 15.0. The van der Waals surface area contributed by atoms with Gasteiger partial charge >= 0.3 is 0 Å². The summed E-state index contributed by atoms with van der Waals surface area (Å²) in [5.74, 6) is 0.402. The third-order valence-corrected chi connectivity index (χ3v) is 3.65. The molecule has 2 aromatic rings. The minimum absolute atomic E-state index is 0.239. The molecule has 0 unspecified atom stereocenters. The summed E-state index contributed by atoms with van der Waals surface area (Å²) >= 11 is 0. The molecule has 1 aliphatic rings. The number of rotatable bonds is 3. The highest BCUT2D eigenvalue weighted by Crippen LogP contribution is 2.37. The van der Waals surface area contributed by atoms with E-state index in [0.29, 0.717) is 17.1 Å². The smallest absolute Gasteiger partial charge is 0.219 e. The SMILES string of the molecule is COc1ncc(-c2cc(N)cnc2C)cc1C1(O)COC1. The molecule has 1 saturated heterocycles. The van der Waals surface area contributed by atoms with E-state index in [2.05, 4.69) is 9.97 Å². The standard InChI is InChI=1S/C15H17N3O3/c1-9-12(4-11(16)6-17-9)10-3-13(14(20-2)18-5-10)15(19)7-21-8-15/h3-6,19H,7-8,16H2,1-2H3. The van der Waals surface area contributed by atoms with E-state index in [1.54, 1.807) is 12.4 Å². The number of nitrogens with two attached hydrogens (primary N) is 1. The molecule has 0 radical (unpaired) electrons. The fourth-order valence-electron chi connectivity index (χ4n) is 2.39. The van der Waals surface area contributed by atoms with E-state index in [9.17, 15) is 5.11 Å². The molecular weight excluding hydrogens is 270 g/mol. The number of anilines is 1. The van der Waals surface area contributed by atoms with Crippen LogP contribution in [0, 0.1) is 6.92 Å². The van der Waals surface area contributed by atoms with Crippen LogP contribution in [0.5, 0.6) is 5.88 Å². The number of hydrogen-bond acceptors (Lipinski definition) is 6. The van der Waals surface area contributed by atoms with Crippen LogP contribution in [0.4, 0.5) is 5.69 Å². The van der Waals surface area contributed by atoms with Crippen molar-refractivity contribution < 1.29 is 14.6 Å². The second-order valence-electron chi connectivity index (χ2n) is 5.21. The quantitative estimate of drug-likeness (QED) is 0.883. The maximum atomic E-state index is 10.5. The van der Waals surface area contributed by atoms with Gasteiger partial charge in [0.25, 0.3) is 0 Å². The molecule has 0 saturated carbocycles. The zero-order valence-electron chi connectivity index (χ0n) is 12.0. The minimum Gasteiger partial charge on any atom is -0.481 e. The third kappa shape index (κ3) is 2.32. The van der Waals surface area contributed by atoms with Crippen LogP contribution < -0.4 is 10.5 Å². The highest BCUT2D eigenvalue weighted by Gasteiger charge is 2.41. The van der Waals surface area contributed by atoms with Crippen molar-refractivity contribution >= 4 is 5.69 Å². The first-order chi connectivity index (χ1) is 10.0. The van der Waals surface area contributed by atoms with E-state index >= 15 is 0 Å². The molecule has 110 valence electrons. The molecular formula is C15H17N3O3. The van der Waals surface area contributed by atoms with E-state index in [4.69, 9.17) is 15.2 Å². The van der Waals surface area contributed by atoms with Gasteiger partial charge in [-0.05, 0) is 19.1 Å². The third-order valence-electron chi connectivity index (χ3n) is 3.65. The molecule has 3 rings (SSSR count). The second kappa shape index (κ2) is 4.98. The van der Waals surface area contributed by atoms with Gasteiger partial charge in [-0.15, -0.1) is 0 Å². The summed E-state index contributed by atoms with van der Waals surface area (Å²) in [5.41, 5.74) is 8.53. The van der Waals surface area contributed by atoms with Crippen LogP contribution in [0.2, 0.25) is 0 Å². The number of aryl methyl sites for hydroxylation is 1. The number of aromatic nitrogens is 2. The van der Waals surface area contributed by atoms with Crippen LogP contribution in [0.15, 0.2) is 24.5 Å². The van der Waals surface area contributed by atoms with Crippen LogP contribution in [0.25, 0.3) is 11.1 Å². The van der Waals surface area contributed by atoms with Gasteiger partial charge in [0, 0.05) is 23.0 Å². The molecule has 2 aromatic heterocycles. The van der Waals surface area contributed by atoms with Gasteiger partial charge in [0.2, 0.25) is 5.88 Å². The summed E-state index contributed by atoms with van der Waals surface area (Å²) in [6.07, 6.45) is 3.30. The van der Waals surface area contributed by atoms with Gasteiger partial charge in [0.15, 0.2) is 0 Å². The van der Waals surface area contributed by atoms with E-state index in [-0.39, 0.29) is 13.2 Å². The number of aliphatic hydroxyl groups is 1. The highest BCUT2D eigenvalue weighted by molar-refractivity contribution is 5.69. The maximum Gasteiger partial charge on any atom is 0.219 e. The molecule has 21 heavy (non-hydrogen) atoms. The van der Waals surface area contributed by atoms with E-state index < -0.39 is 5.60 Å². The van der Waals surface area contributed by atoms with Crippen LogP contribution in [0.3, 0.4) is 0 Å². The molecule has 6 heteroatoms. The average Bonchev–Trinajstić information content (AvgIpc) is 2.46. The van der Waals surface area contributed by atoms with Crippen LogP contribution in [-0.2, 0) is 10.3 Å². The van der Waals surface area contributed by atoms with Crippen LogP contribution in [0.1, 0.15) is 11.3 Å². The van der Waals surface area contributed by atoms with Crippen LogP contribution >= 0.6 is 0 Å². The van der Waals surface area contributed by atoms with Crippen molar-refractivity contribution in [3.63, 3.8) is 0 Å². The summed E-state index contributed by atoms with van der Waals surface area (Å²) in [7, 11) is 1.53. The molecule has 6 nitrogen and oxygen atoms in total. The fourth-order valence-corrected chi connectivity index (χ4v) is 2.39. The number of methoxy groups -OCH3 is 1. The van der Waals surface area contributed by atoms with Crippen molar-refractivity contribution in [1.82, 2.24) is 9.97 Å². The molecule has 0 aliphatic carbocycles. The van der Waals surface area contributed by atoms with Crippen molar-refractivity contribution in [1.29, 1.82) is 0 Å². The Bertz CT molecular complexity index is 684. The van der Waals surface area contributed by atoms with Gasteiger partial charge in [0.05, 0.1) is 37.8 Å². The zero-order valence-corrected chi connectivity index (χ0v) is 12.0. The lowest BCUT2D eigenvalue weighted by Gasteiger charge is -2.37. The Balaban J connectivity index is 2.12. The van der Waals surface area contributed by atoms with E-state index in [1.807, 2.05) is 19.1 Å². The van der Waals surface area contributed by atoms with Gasteiger partial charge in [-0.1, -0.05) is 0 Å². The predicted molar refractivity (Wildman–Crippen MR) is 77.9 cm³/mol. The molecule has 0 bridgehead atoms. The first-order valence-corrected chi connectivity index (χ1v) is 6.60. The molecule has 1 fully saturated rings. The number of ether oxygens (including phenoxy) is 2. The Morgan fingerprint density at radius 1 is 1.29 bits per heavy atom. The Morgan fingerprint density at radius 3 is 2.67 bits per heavy atom. The summed E-state index contributed by atoms with van der Waals surface area (Å²) in [5, 5.41) is 10.5. The van der Waals surface area contributed by atoms with Crippen molar-refractivity contribution in [3.05, 3.63) is 35.8 Å². The molecule has 0 amide bonds. The number of hydrogen-bond donors (Lipinski definition) is 2. The summed E-state index contributed by atoms with van der Waals surface area (Å²) in [6, 6.07) is 3.70. The number of nitrogens with zero attached hydrogens (tertiary/aromatic N) is 2. The van der Waals surface area contributed by atoms with E-state index in [1.165, 1.54) is 7.11 Å². The van der Waals surface area contributed by atoms with Crippen molar-refractivity contribution in [2.45, 2.75) is 12.5 Å².